The van der Waals surface area contributed by atoms with Crippen LogP contribution < -0.4 is 5.32 Å². The molecule has 3 aromatic carbocycles. The molecule has 2 N–H and O–H groups in total. The van der Waals surface area contributed by atoms with Gasteiger partial charge < -0.3 is 15.2 Å². The zero-order valence-corrected chi connectivity index (χ0v) is 14.2. The lowest BCUT2D eigenvalue weighted by Gasteiger charge is -2.36. The van der Waals surface area contributed by atoms with Crippen LogP contribution in [0.25, 0.3) is 10.8 Å². The van der Waals surface area contributed by atoms with Gasteiger partial charge in [-0.3, -0.25) is 0 Å². The molecular formula is C22H19NO3. The third kappa shape index (κ3) is 2.37. The highest BCUT2D eigenvalue weighted by atomic mass is 16.5. The Kier molecular flexibility index (Phi) is 3.47. The van der Waals surface area contributed by atoms with Gasteiger partial charge >= 0.3 is 5.97 Å². The van der Waals surface area contributed by atoms with Crippen molar-refractivity contribution in [3.05, 3.63) is 77.4 Å². The Morgan fingerprint density at radius 1 is 1.04 bits per heavy atom. The Labute approximate surface area is 151 Å². The van der Waals surface area contributed by atoms with Crippen LogP contribution in [0.5, 0.6) is 0 Å². The number of carboxylic acids is 1. The van der Waals surface area contributed by atoms with Crippen molar-refractivity contribution >= 4 is 22.4 Å². The SMILES string of the molecule is O=C(O)c1ccc(C2Nc3cc4ccccc4cc3C3OCCC23)cc1. The van der Waals surface area contributed by atoms with Crippen molar-refractivity contribution in [1.82, 2.24) is 0 Å². The van der Waals surface area contributed by atoms with Crippen LogP contribution in [0, 0.1) is 5.92 Å². The number of anilines is 1. The highest BCUT2D eigenvalue weighted by molar-refractivity contribution is 5.88. The van der Waals surface area contributed by atoms with Gasteiger partial charge in [-0.05, 0) is 47.0 Å². The Morgan fingerprint density at radius 3 is 2.50 bits per heavy atom. The molecule has 26 heavy (non-hydrogen) atoms. The summed E-state index contributed by atoms with van der Waals surface area (Å²) >= 11 is 0. The van der Waals surface area contributed by atoms with Gasteiger partial charge in [0, 0.05) is 23.8 Å². The number of nitrogens with one attached hydrogen (secondary N) is 1. The lowest BCUT2D eigenvalue weighted by Crippen LogP contribution is -2.29. The van der Waals surface area contributed by atoms with E-state index in [0.29, 0.717) is 11.5 Å². The van der Waals surface area contributed by atoms with E-state index >= 15 is 0 Å². The molecule has 2 aliphatic rings. The fourth-order valence-corrected chi connectivity index (χ4v) is 4.32. The maximum absolute atomic E-state index is 11.1. The Hall–Kier alpha value is -2.85. The van der Waals surface area contributed by atoms with Crippen LogP contribution in [0.3, 0.4) is 0 Å². The summed E-state index contributed by atoms with van der Waals surface area (Å²) in [4.78, 5) is 11.1. The largest absolute Gasteiger partial charge is 0.478 e. The molecule has 0 aromatic heterocycles. The van der Waals surface area contributed by atoms with E-state index in [4.69, 9.17) is 9.84 Å². The first-order valence-electron chi connectivity index (χ1n) is 8.95. The van der Waals surface area contributed by atoms with Gasteiger partial charge in [0.2, 0.25) is 0 Å². The lowest BCUT2D eigenvalue weighted by atomic mass is 9.80. The number of fused-ring (bicyclic) bond motifs is 4. The quantitative estimate of drug-likeness (QED) is 0.701. The van der Waals surface area contributed by atoms with Gasteiger partial charge in [0.25, 0.3) is 0 Å². The molecule has 2 heterocycles. The average Bonchev–Trinajstić information content (AvgIpc) is 3.16. The van der Waals surface area contributed by atoms with E-state index < -0.39 is 5.97 Å². The minimum absolute atomic E-state index is 0.0833. The van der Waals surface area contributed by atoms with E-state index in [0.717, 1.165) is 24.3 Å². The molecule has 3 aromatic rings. The van der Waals surface area contributed by atoms with Gasteiger partial charge in [-0.15, -0.1) is 0 Å². The predicted molar refractivity (Wildman–Crippen MR) is 101 cm³/mol. The van der Waals surface area contributed by atoms with E-state index in [1.165, 1.54) is 16.3 Å². The molecule has 3 unspecified atom stereocenters. The minimum Gasteiger partial charge on any atom is -0.478 e. The van der Waals surface area contributed by atoms with Crippen molar-refractivity contribution < 1.29 is 14.6 Å². The first kappa shape index (κ1) is 15.4. The van der Waals surface area contributed by atoms with Crippen molar-refractivity contribution in [2.75, 3.05) is 11.9 Å². The van der Waals surface area contributed by atoms with Crippen molar-refractivity contribution in [3.8, 4) is 0 Å². The fourth-order valence-electron chi connectivity index (χ4n) is 4.32. The summed E-state index contributed by atoms with van der Waals surface area (Å²) in [5.41, 5.74) is 3.76. The highest BCUT2D eigenvalue weighted by Gasteiger charge is 2.41. The van der Waals surface area contributed by atoms with Crippen molar-refractivity contribution in [3.63, 3.8) is 0 Å². The number of hydrogen-bond donors (Lipinski definition) is 2. The maximum Gasteiger partial charge on any atom is 0.335 e. The van der Waals surface area contributed by atoms with E-state index in [-0.39, 0.29) is 12.1 Å². The smallest absolute Gasteiger partial charge is 0.335 e. The first-order valence-corrected chi connectivity index (χ1v) is 8.95. The second-order valence-corrected chi connectivity index (χ2v) is 7.08. The molecule has 4 nitrogen and oxygen atoms in total. The van der Waals surface area contributed by atoms with Crippen LogP contribution in [-0.2, 0) is 4.74 Å². The molecule has 0 bridgehead atoms. The van der Waals surface area contributed by atoms with Crippen molar-refractivity contribution in [1.29, 1.82) is 0 Å². The van der Waals surface area contributed by atoms with Crippen LogP contribution in [0.4, 0.5) is 5.69 Å². The number of benzene rings is 3. The number of aromatic carboxylic acids is 1. The van der Waals surface area contributed by atoms with Crippen LogP contribution in [-0.4, -0.2) is 17.7 Å². The molecule has 1 saturated heterocycles. The Bertz CT molecular complexity index is 996. The molecule has 0 radical (unpaired) electrons. The Balaban J connectivity index is 1.59. The summed E-state index contributed by atoms with van der Waals surface area (Å²) in [7, 11) is 0. The summed E-state index contributed by atoms with van der Waals surface area (Å²) in [6, 6.07) is 20.1. The van der Waals surface area contributed by atoms with E-state index in [2.05, 4.69) is 41.7 Å². The van der Waals surface area contributed by atoms with Gasteiger partial charge in [0.05, 0.1) is 17.7 Å². The van der Waals surface area contributed by atoms with Gasteiger partial charge in [-0.1, -0.05) is 36.4 Å². The van der Waals surface area contributed by atoms with Crippen LogP contribution in [0.2, 0.25) is 0 Å². The standard InChI is InChI=1S/C22H19NO3/c24-22(25)14-7-5-13(6-8-14)20-17-9-10-26-21(17)18-11-15-3-1-2-4-16(15)12-19(18)23-20/h1-8,11-12,17,20-21,23H,9-10H2,(H,24,25). The number of rotatable bonds is 2. The molecule has 1 fully saturated rings. The summed E-state index contributed by atoms with van der Waals surface area (Å²) in [6.45, 7) is 0.757. The van der Waals surface area contributed by atoms with Gasteiger partial charge in [-0.25, -0.2) is 4.79 Å². The molecule has 2 aliphatic heterocycles. The summed E-state index contributed by atoms with van der Waals surface area (Å²) < 4.78 is 6.11. The average molecular weight is 345 g/mol. The number of hydrogen-bond acceptors (Lipinski definition) is 3. The number of carboxylic acid groups (broad SMARTS) is 1. The van der Waals surface area contributed by atoms with Crippen LogP contribution in [0.1, 0.15) is 40.1 Å². The summed E-state index contributed by atoms with van der Waals surface area (Å²) in [5, 5.41) is 15.3. The van der Waals surface area contributed by atoms with Crippen molar-refractivity contribution in [2.45, 2.75) is 18.6 Å². The second kappa shape index (κ2) is 5.85. The van der Waals surface area contributed by atoms with Crippen molar-refractivity contribution in [2.24, 2.45) is 5.92 Å². The third-order valence-corrected chi connectivity index (χ3v) is 5.62. The van der Waals surface area contributed by atoms with E-state index in [1.54, 1.807) is 12.1 Å². The van der Waals surface area contributed by atoms with Gasteiger partial charge in [-0.2, -0.15) is 0 Å². The minimum atomic E-state index is -0.896. The molecule has 0 amide bonds. The molecule has 5 rings (SSSR count). The summed E-state index contributed by atoms with van der Waals surface area (Å²) in [6.07, 6.45) is 1.08. The molecular weight excluding hydrogens is 326 g/mol. The zero-order chi connectivity index (χ0) is 17.7. The lowest BCUT2D eigenvalue weighted by molar-refractivity contribution is 0.0696. The second-order valence-electron chi connectivity index (χ2n) is 7.08. The predicted octanol–water partition coefficient (Wildman–Crippen LogP) is 4.78. The molecule has 0 saturated carbocycles. The first-order chi connectivity index (χ1) is 12.7. The maximum atomic E-state index is 11.1. The molecule has 0 spiro atoms. The van der Waals surface area contributed by atoms with E-state index in [1.807, 2.05) is 12.1 Å². The number of ether oxygens (including phenoxy) is 1. The normalized spacial score (nSPS) is 23.9. The van der Waals surface area contributed by atoms with Gasteiger partial charge in [0.1, 0.15) is 0 Å². The Morgan fingerprint density at radius 2 is 1.77 bits per heavy atom. The monoisotopic (exact) mass is 345 g/mol. The van der Waals surface area contributed by atoms with Crippen LogP contribution >= 0.6 is 0 Å². The molecule has 0 aliphatic carbocycles. The topological polar surface area (TPSA) is 58.6 Å². The van der Waals surface area contributed by atoms with E-state index in [9.17, 15) is 4.79 Å². The molecule has 4 heteroatoms. The summed E-state index contributed by atoms with van der Waals surface area (Å²) in [5.74, 6) is -0.550. The van der Waals surface area contributed by atoms with Gasteiger partial charge in [0.15, 0.2) is 0 Å². The molecule has 3 atom stereocenters. The third-order valence-electron chi connectivity index (χ3n) is 5.62. The highest BCUT2D eigenvalue weighted by Crippen LogP contribution is 2.50. The van der Waals surface area contributed by atoms with Crippen LogP contribution in [0.15, 0.2) is 60.7 Å². The fraction of sp³-hybridized carbons (Fsp3) is 0.227. The molecule has 130 valence electrons. The zero-order valence-electron chi connectivity index (χ0n) is 14.2. The number of carbonyl (C=O) groups is 1.